The number of nitrogens with zero attached hydrogens (tertiary/aromatic N) is 3. The molecule has 1 aliphatic heterocycles. The minimum absolute atomic E-state index is 0. The average Bonchev–Trinajstić information content (AvgIpc) is 2.67. The molecule has 1 saturated heterocycles. The van der Waals surface area contributed by atoms with Crippen molar-refractivity contribution in [2.75, 3.05) is 39.8 Å². The maximum Gasteiger partial charge on any atom is 0.221 e. The summed E-state index contributed by atoms with van der Waals surface area (Å²) in [5, 5.41) is 6.31. The summed E-state index contributed by atoms with van der Waals surface area (Å²) in [5.41, 5.74) is 1.36. The molecule has 152 valence electrons. The first kappa shape index (κ1) is 23.7. The minimum Gasteiger partial charge on any atom is -0.356 e. The molecule has 6 nitrogen and oxygen atoms in total. The van der Waals surface area contributed by atoms with E-state index in [1.807, 2.05) is 6.92 Å². The molecule has 1 amide bonds. The third kappa shape index (κ3) is 8.47. The van der Waals surface area contributed by atoms with Crippen molar-refractivity contribution < 1.29 is 4.79 Å². The Hall–Kier alpha value is -1.35. The van der Waals surface area contributed by atoms with Crippen molar-refractivity contribution in [2.45, 2.75) is 39.3 Å². The van der Waals surface area contributed by atoms with Crippen LogP contribution in [0, 0.1) is 0 Å². The molecule has 1 atom stereocenters. The van der Waals surface area contributed by atoms with Gasteiger partial charge in [-0.2, -0.15) is 0 Å². The van der Waals surface area contributed by atoms with Crippen LogP contribution in [0.4, 0.5) is 0 Å². The molecule has 1 fully saturated rings. The smallest absolute Gasteiger partial charge is 0.221 e. The highest BCUT2D eigenvalue weighted by Gasteiger charge is 2.19. The Bertz CT molecular complexity index is 573. The zero-order valence-corrected chi connectivity index (χ0v) is 19.1. The van der Waals surface area contributed by atoms with Crippen LogP contribution in [0.3, 0.4) is 0 Å². The largest absolute Gasteiger partial charge is 0.356 e. The van der Waals surface area contributed by atoms with Gasteiger partial charge >= 0.3 is 0 Å². The molecule has 2 N–H and O–H groups in total. The van der Waals surface area contributed by atoms with Crippen LogP contribution in [0.25, 0.3) is 0 Å². The first-order valence-corrected chi connectivity index (χ1v) is 9.63. The molecule has 0 aliphatic carbocycles. The van der Waals surface area contributed by atoms with E-state index >= 15 is 0 Å². The van der Waals surface area contributed by atoms with Crippen molar-refractivity contribution in [1.29, 1.82) is 0 Å². The van der Waals surface area contributed by atoms with Gasteiger partial charge in [-0.1, -0.05) is 37.3 Å². The van der Waals surface area contributed by atoms with Gasteiger partial charge in [0, 0.05) is 58.8 Å². The zero-order valence-electron chi connectivity index (χ0n) is 16.8. The summed E-state index contributed by atoms with van der Waals surface area (Å²) in [7, 11) is 1.80. The van der Waals surface area contributed by atoms with Crippen molar-refractivity contribution in [3.8, 4) is 0 Å². The van der Waals surface area contributed by atoms with Crippen LogP contribution in [-0.2, 0) is 11.3 Å². The van der Waals surface area contributed by atoms with E-state index < -0.39 is 0 Å². The number of carbonyl (C=O) groups excluding carboxylic acids is 1. The second-order valence-corrected chi connectivity index (χ2v) is 6.85. The number of guanidine groups is 1. The molecule has 7 heteroatoms. The Balaban J connectivity index is 0.00000364. The number of nitrogens with one attached hydrogen (secondary N) is 2. The molecule has 1 heterocycles. The Labute approximate surface area is 180 Å². The molecule has 0 bridgehead atoms. The van der Waals surface area contributed by atoms with Gasteiger partial charge in [-0.25, -0.2) is 0 Å². The summed E-state index contributed by atoms with van der Waals surface area (Å²) in [6.07, 6.45) is 1.42. The van der Waals surface area contributed by atoms with Crippen molar-refractivity contribution in [2.24, 2.45) is 4.99 Å². The quantitative estimate of drug-likeness (QED) is 0.352. The summed E-state index contributed by atoms with van der Waals surface area (Å²) in [6.45, 7) is 9.64. The second kappa shape index (κ2) is 12.9. The van der Waals surface area contributed by atoms with E-state index in [2.05, 4.69) is 62.7 Å². The van der Waals surface area contributed by atoms with Gasteiger partial charge in [-0.15, -0.1) is 24.0 Å². The normalized spacial score (nSPS) is 16.4. The van der Waals surface area contributed by atoms with Crippen LogP contribution in [0.15, 0.2) is 35.3 Å². The lowest BCUT2D eigenvalue weighted by Gasteiger charge is -2.36. The predicted molar refractivity (Wildman–Crippen MR) is 123 cm³/mol. The van der Waals surface area contributed by atoms with Crippen LogP contribution >= 0.6 is 24.0 Å². The van der Waals surface area contributed by atoms with E-state index in [1.54, 1.807) is 7.05 Å². The van der Waals surface area contributed by atoms with Gasteiger partial charge in [0.2, 0.25) is 5.91 Å². The standard InChI is InChI=1S/C20H33N5O.HI/c1-4-17(2)23-19(26)10-11-22-20(21-3)25-14-12-24(13-15-25)16-18-8-6-5-7-9-18;/h5-9,17H,4,10-16H2,1-3H3,(H,21,22)(H,23,26);1H. The highest BCUT2D eigenvalue weighted by Crippen LogP contribution is 2.08. The van der Waals surface area contributed by atoms with Gasteiger partial charge in [0.05, 0.1) is 0 Å². The van der Waals surface area contributed by atoms with E-state index in [0.717, 1.165) is 45.1 Å². The molecule has 1 aromatic carbocycles. The van der Waals surface area contributed by atoms with Gasteiger partial charge in [0.25, 0.3) is 0 Å². The molecular formula is C20H34IN5O. The summed E-state index contributed by atoms with van der Waals surface area (Å²) >= 11 is 0. The molecule has 1 aliphatic rings. The van der Waals surface area contributed by atoms with E-state index in [-0.39, 0.29) is 35.9 Å². The summed E-state index contributed by atoms with van der Waals surface area (Å²) < 4.78 is 0. The van der Waals surface area contributed by atoms with Crippen LogP contribution in [-0.4, -0.2) is 67.5 Å². The monoisotopic (exact) mass is 487 g/mol. The van der Waals surface area contributed by atoms with E-state index in [1.165, 1.54) is 5.56 Å². The van der Waals surface area contributed by atoms with Gasteiger partial charge in [-0.05, 0) is 18.9 Å². The predicted octanol–water partition coefficient (Wildman–Crippen LogP) is 2.30. The fourth-order valence-corrected chi connectivity index (χ4v) is 3.03. The molecule has 0 spiro atoms. The van der Waals surface area contributed by atoms with Gasteiger partial charge in [0.1, 0.15) is 0 Å². The highest BCUT2D eigenvalue weighted by atomic mass is 127. The number of benzene rings is 1. The van der Waals surface area contributed by atoms with E-state index in [4.69, 9.17) is 0 Å². The van der Waals surface area contributed by atoms with Crippen LogP contribution in [0.1, 0.15) is 32.3 Å². The van der Waals surface area contributed by atoms with Gasteiger partial charge < -0.3 is 15.5 Å². The molecule has 27 heavy (non-hydrogen) atoms. The number of aliphatic imine (C=N–C) groups is 1. The first-order valence-electron chi connectivity index (χ1n) is 9.63. The lowest BCUT2D eigenvalue weighted by molar-refractivity contribution is -0.121. The maximum absolute atomic E-state index is 11.9. The third-order valence-electron chi connectivity index (χ3n) is 4.79. The lowest BCUT2D eigenvalue weighted by Crippen LogP contribution is -2.52. The molecular weight excluding hydrogens is 453 g/mol. The number of hydrogen-bond acceptors (Lipinski definition) is 3. The van der Waals surface area contributed by atoms with Gasteiger partial charge in [0.15, 0.2) is 5.96 Å². The molecule has 1 unspecified atom stereocenters. The number of rotatable bonds is 7. The second-order valence-electron chi connectivity index (χ2n) is 6.85. The number of piperazine rings is 1. The van der Waals surface area contributed by atoms with Crippen LogP contribution < -0.4 is 10.6 Å². The van der Waals surface area contributed by atoms with Crippen molar-refractivity contribution in [3.63, 3.8) is 0 Å². The van der Waals surface area contributed by atoms with Crippen LogP contribution in [0.5, 0.6) is 0 Å². The zero-order chi connectivity index (χ0) is 18.8. The fraction of sp³-hybridized carbons (Fsp3) is 0.600. The molecule has 0 aromatic heterocycles. The summed E-state index contributed by atoms with van der Waals surface area (Å²) in [4.78, 5) is 21.0. The number of halogens is 1. The van der Waals surface area contributed by atoms with Gasteiger partial charge in [-0.3, -0.25) is 14.7 Å². The fourth-order valence-electron chi connectivity index (χ4n) is 3.03. The van der Waals surface area contributed by atoms with Crippen LogP contribution in [0.2, 0.25) is 0 Å². The maximum atomic E-state index is 11.9. The topological polar surface area (TPSA) is 60.0 Å². The number of hydrogen-bond donors (Lipinski definition) is 2. The molecule has 0 saturated carbocycles. The van der Waals surface area contributed by atoms with Crippen molar-refractivity contribution in [3.05, 3.63) is 35.9 Å². The van der Waals surface area contributed by atoms with E-state index in [9.17, 15) is 4.79 Å². The SMILES string of the molecule is CCC(C)NC(=O)CCNC(=NC)N1CCN(Cc2ccccc2)CC1.I. The summed E-state index contributed by atoms with van der Waals surface area (Å²) in [6, 6.07) is 10.8. The molecule has 2 rings (SSSR count). The third-order valence-corrected chi connectivity index (χ3v) is 4.79. The van der Waals surface area contributed by atoms with Crippen molar-refractivity contribution >= 4 is 35.8 Å². The Kier molecular flexibility index (Phi) is 11.3. The number of amides is 1. The summed E-state index contributed by atoms with van der Waals surface area (Å²) in [5.74, 6) is 0.982. The average molecular weight is 487 g/mol. The number of carbonyl (C=O) groups is 1. The Morgan fingerprint density at radius 3 is 2.44 bits per heavy atom. The minimum atomic E-state index is 0. The highest BCUT2D eigenvalue weighted by molar-refractivity contribution is 14.0. The Morgan fingerprint density at radius 2 is 1.85 bits per heavy atom. The first-order chi connectivity index (χ1) is 12.6. The molecule has 0 radical (unpaired) electrons. The lowest BCUT2D eigenvalue weighted by atomic mass is 10.2. The van der Waals surface area contributed by atoms with E-state index in [0.29, 0.717) is 13.0 Å². The molecule has 1 aromatic rings. The Morgan fingerprint density at radius 1 is 1.19 bits per heavy atom. The van der Waals surface area contributed by atoms with Crippen molar-refractivity contribution in [1.82, 2.24) is 20.4 Å².